The molecule has 0 aromatic carbocycles. The van der Waals surface area contributed by atoms with Crippen molar-refractivity contribution in [3.8, 4) is 0 Å². The van der Waals surface area contributed by atoms with Crippen molar-refractivity contribution >= 4 is 5.91 Å². The number of rotatable bonds is 3. The molecule has 0 bridgehead atoms. The van der Waals surface area contributed by atoms with Crippen molar-refractivity contribution in [3.05, 3.63) is 0 Å². The maximum Gasteiger partial charge on any atom is 0.234 e. The van der Waals surface area contributed by atoms with Crippen LogP contribution in [0.25, 0.3) is 0 Å². The van der Waals surface area contributed by atoms with Gasteiger partial charge in [-0.1, -0.05) is 12.8 Å². The van der Waals surface area contributed by atoms with Crippen LogP contribution < -0.4 is 10.6 Å². The predicted octanol–water partition coefficient (Wildman–Crippen LogP) is -0.374. The molecule has 1 amide bonds. The Bertz CT molecular complexity index is 173. The molecule has 0 aliphatic heterocycles. The van der Waals surface area contributed by atoms with Crippen molar-refractivity contribution in [2.24, 2.45) is 0 Å². The van der Waals surface area contributed by atoms with Crippen molar-refractivity contribution in [1.82, 2.24) is 10.6 Å². The number of carbonyl (C=O) groups excluding carboxylic acids is 1. The van der Waals surface area contributed by atoms with Crippen LogP contribution in [0.5, 0.6) is 0 Å². The summed E-state index contributed by atoms with van der Waals surface area (Å²) < 4.78 is 0. The molecule has 3 N–H and O–H groups in total. The molecule has 2 atom stereocenters. The number of hydrogen-bond donors (Lipinski definition) is 3. The first-order valence-corrected chi connectivity index (χ1v) is 4.86. The third-order valence-corrected chi connectivity index (χ3v) is 2.41. The van der Waals surface area contributed by atoms with E-state index >= 15 is 0 Å². The van der Waals surface area contributed by atoms with Gasteiger partial charge in [-0.05, 0) is 19.9 Å². The van der Waals surface area contributed by atoms with Crippen LogP contribution >= 0.6 is 0 Å². The van der Waals surface area contributed by atoms with Gasteiger partial charge in [-0.2, -0.15) is 0 Å². The molecule has 0 aromatic rings. The summed E-state index contributed by atoms with van der Waals surface area (Å²) in [5.41, 5.74) is 0. The van der Waals surface area contributed by atoms with Crippen LogP contribution in [-0.2, 0) is 4.79 Å². The molecule has 13 heavy (non-hydrogen) atoms. The molecule has 0 aromatic heterocycles. The molecule has 4 nitrogen and oxygen atoms in total. The highest BCUT2D eigenvalue weighted by Crippen LogP contribution is 2.17. The van der Waals surface area contributed by atoms with Gasteiger partial charge in [-0.25, -0.2) is 0 Å². The Kier molecular flexibility index (Phi) is 4.18. The largest absolute Gasteiger partial charge is 0.391 e. The molecule has 0 saturated heterocycles. The van der Waals surface area contributed by atoms with Crippen molar-refractivity contribution < 1.29 is 9.90 Å². The smallest absolute Gasteiger partial charge is 0.234 e. The molecule has 0 radical (unpaired) electrons. The minimum Gasteiger partial charge on any atom is -0.391 e. The summed E-state index contributed by atoms with van der Waals surface area (Å²) >= 11 is 0. The SMILES string of the molecule is CNCC(=O)NC1CCCCC1O. The Labute approximate surface area is 78.7 Å². The Morgan fingerprint density at radius 3 is 2.77 bits per heavy atom. The quantitative estimate of drug-likeness (QED) is 0.563. The van der Waals surface area contributed by atoms with Crippen molar-refractivity contribution in [2.75, 3.05) is 13.6 Å². The monoisotopic (exact) mass is 186 g/mol. The molecule has 4 heteroatoms. The molecule has 2 unspecified atom stereocenters. The van der Waals surface area contributed by atoms with E-state index in [1.54, 1.807) is 7.05 Å². The second-order valence-corrected chi connectivity index (χ2v) is 3.56. The lowest BCUT2D eigenvalue weighted by molar-refractivity contribution is -0.122. The summed E-state index contributed by atoms with van der Waals surface area (Å²) in [6.07, 6.45) is 3.52. The van der Waals surface area contributed by atoms with E-state index in [0.29, 0.717) is 6.54 Å². The molecule has 1 rings (SSSR count). The number of hydrogen-bond acceptors (Lipinski definition) is 3. The molecule has 0 spiro atoms. The van der Waals surface area contributed by atoms with Gasteiger partial charge in [-0.3, -0.25) is 4.79 Å². The van der Waals surface area contributed by atoms with Crippen LogP contribution in [0.4, 0.5) is 0 Å². The zero-order chi connectivity index (χ0) is 9.68. The van der Waals surface area contributed by atoms with Crippen LogP contribution in [-0.4, -0.2) is 36.8 Å². The Morgan fingerprint density at radius 2 is 2.15 bits per heavy atom. The van der Waals surface area contributed by atoms with Crippen molar-refractivity contribution in [2.45, 2.75) is 37.8 Å². The van der Waals surface area contributed by atoms with Gasteiger partial charge in [0, 0.05) is 0 Å². The standard InChI is InChI=1S/C9H18N2O2/c1-10-6-9(13)11-7-4-2-3-5-8(7)12/h7-8,10,12H,2-6H2,1H3,(H,11,13). The zero-order valence-electron chi connectivity index (χ0n) is 8.05. The molecular formula is C9H18N2O2. The van der Waals surface area contributed by atoms with Gasteiger partial charge in [0.1, 0.15) is 0 Å². The first kappa shape index (κ1) is 10.5. The van der Waals surface area contributed by atoms with E-state index in [9.17, 15) is 9.90 Å². The highest BCUT2D eigenvalue weighted by Gasteiger charge is 2.23. The van der Waals surface area contributed by atoms with Gasteiger partial charge >= 0.3 is 0 Å². The molecule has 1 aliphatic rings. The van der Waals surface area contributed by atoms with E-state index in [0.717, 1.165) is 25.7 Å². The highest BCUT2D eigenvalue weighted by atomic mass is 16.3. The van der Waals surface area contributed by atoms with Gasteiger partial charge in [0.25, 0.3) is 0 Å². The Morgan fingerprint density at radius 1 is 1.46 bits per heavy atom. The predicted molar refractivity (Wildman–Crippen MR) is 50.3 cm³/mol. The topological polar surface area (TPSA) is 61.4 Å². The van der Waals surface area contributed by atoms with Gasteiger partial charge in [0.05, 0.1) is 18.7 Å². The Hall–Kier alpha value is -0.610. The summed E-state index contributed by atoms with van der Waals surface area (Å²) in [6, 6.07) is -0.0328. The fourth-order valence-electron chi connectivity index (χ4n) is 1.70. The normalized spacial score (nSPS) is 28.5. The fraction of sp³-hybridized carbons (Fsp3) is 0.889. The molecule has 1 saturated carbocycles. The van der Waals surface area contributed by atoms with E-state index < -0.39 is 0 Å². The van der Waals surface area contributed by atoms with E-state index in [1.807, 2.05) is 0 Å². The third kappa shape index (κ3) is 3.32. The molecule has 1 aliphatic carbocycles. The van der Waals surface area contributed by atoms with Gasteiger partial charge in [0.2, 0.25) is 5.91 Å². The second-order valence-electron chi connectivity index (χ2n) is 3.56. The second kappa shape index (κ2) is 5.19. The summed E-state index contributed by atoms with van der Waals surface area (Å²) in [6.45, 7) is 0.323. The first-order chi connectivity index (χ1) is 6.24. The summed E-state index contributed by atoms with van der Waals surface area (Å²) in [4.78, 5) is 11.2. The Balaban J connectivity index is 2.29. The summed E-state index contributed by atoms with van der Waals surface area (Å²) in [5.74, 6) is -0.0338. The van der Waals surface area contributed by atoms with Crippen molar-refractivity contribution in [1.29, 1.82) is 0 Å². The summed E-state index contributed by atoms with van der Waals surface area (Å²) in [5, 5.41) is 15.1. The number of carbonyl (C=O) groups is 1. The minimum absolute atomic E-state index is 0.0328. The number of nitrogens with one attached hydrogen (secondary N) is 2. The summed E-state index contributed by atoms with van der Waals surface area (Å²) in [7, 11) is 1.73. The number of aliphatic hydroxyl groups excluding tert-OH is 1. The van der Waals surface area contributed by atoms with Crippen LogP contribution in [0, 0.1) is 0 Å². The number of amides is 1. The van der Waals surface area contributed by atoms with Gasteiger partial charge < -0.3 is 15.7 Å². The molecule has 76 valence electrons. The van der Waals surface area contributed by atoms with E-state index in [4.69, 9.17) is 0 Å². The highest BCUT2D eigenvalue weighted by molar-refractivity contribution is 5.78. The maximum absolute atomic E-state index is 11.2. The average molecular weight is 186 g/mol. The number of aliphatic hydroxyl groups is 1. The number of likely N-dealkylation sites (N-methyl/N-ethyl adjacent to an activating group) is 1. The van der Waals surface area contributed by atoms with Gasteiger partial charge in [-0.15, -0.1) is 0 Å². The third-order valence-electron chi connectivity index (χ3n) is 2.41. The van der Waals surface area contributed by atoms with E-state index in [-0.39, 0.29) is 18.1 Å². The van der Waals surface area contributed by atoms with Crippen molar-refractivity contribution in [3.63, 3.8) is 0 Å². The fourth-order valence-corrected chi connectivity index (χ4v) is 1.70. The lowest BCUT2D eigenvalue weighted by atomic mass is 9.92. The minimum atomic E-state index is -0.352. The van der Waals surface area contributed by atoms with Crippen LogP contribution in [0.2, 0.25) is 0 Å². The molecule has 0 heterocycles. The molecule has 1 fully saturated rings. The van der Waals surface area contributed by atoms with Gasteiger partial charge in [0.15, 0.2) is 0 Å². The zero-order valence-corrected chi connectivity index (χ0v) is 8.05. The lowest BCUT2D eigenvalue weighted by Crippen LogP contribution is -2.47. The van der Waals surface area contributed by atoms with Crippen LogP contribution in [0.15, 0.2) is 0 Å². The first-order valence-electron chi connectivity index (χ1n) is 4.86. The van der Waals surface area contributed by atoms with E-state index in [1.165, 1.54) is 0 Å². The average Bonchev–Trinajstić information content (AvgIpc) is 2.09. The maximum atomic E-state index is 11.2. The van der Waals surface area contributed by atoms with Crippen LogP contribution in [0.3, 0.4) is 0 Å². The van der Waals surface area contributed by atoms with Crippen LogP contribution in [0.1, 0.15) is 25.7 Å². The lowest BCUT2D eigenvalue weighted by Gasteiger charge is -2.28. The molecular weight excluding hydrogens is 168 g/mol. The van der Waals surface area contributed by atoms with E-state index in [2.05, 4.69) is 10.6 Å².